The van der Waals surface area contributed by atoms with Crippen LogP contribution in [0.25, 0.3) is 0 Å². The molecule has 0 radical (unpaired) electrons. The number of nitrogens with one attached hydrogen (secondary N) is 1. The highest BCUT2D eigenvalue weighted by atomic mass is 16.1. The first-order valence-corrected chi connectivity index (χ1v) is 3.06. The van der Waals surface area contributed by atoms with Crippen LogP contribution in [0.3, 0.4) is 0 Å². The van der Waals surface area contributed by atoms with Crippen LogP contribution in [0.5, 0.6) is 0 Å². The van der Waals surface area contributed by atoms with Crippen LogP contribution in [0, 0.1) is 0 Å². The fourth-order valence-electron chi connectivity index (χ4n) is 0.592. The second-order valence-corrected chi connectivity index (χ2v) is 1.79. The van der Waals surface area contributed by atoms with Gasteiger partial charge < -0.3 is 0 Å². The summed E-state index contributed by atoms with van der Waals surface area (Å²) in [5, 5.41) is 3.59. The molecular formula is C7H7N3O. The molecule has 0 saturated carbocycles. The number of aromatic nitrogens is 1. The van der Waals surface area contributed by atoms with Gasteiger partial charge in [0.05, 0.1) is 6.21 Å². The first-order chi connectivity index (χ1) is 5.43. The minimum atomic E-state index is 0.512. The summed E-state index contributed by atoms with van der Waals surface area (Å²) in [7, 11) is 0. The quantitative estimate of drug-likeness (QED) is 0.378. The van der Waals surface area contributed by atoms with E-state index in [-0.39, 0.29) is 0 Å². The van der Waals surface area contributed by atoms with Gasteiger partial charge in [0.25, 0.3) is 0 Å². The summed E-state index contributed by atoms with van der Waals surface area (Å²) in [6.45, 7) is 0. The predicted octanol–water partition coefficient (Wildman–Crippen LogP) is 0.161. The van der Waals surface area contributed by atoms with E-state index in [1.807, 2.05) is 0 Å². The highest BCUT2D eigenvalue weighted by Gasteiger charge is 1.81. The minimum Gasteiger partial charge on any atom is -0.277 e. The van der Waals surface area contributed by atoms with Crippen LogP contribution in [0.1, 0.15) is 5.56 Å². The van der Waals surface area contributed by atoms with Crippen molar-refractivity contribution in [1.82, 2.24) is 10.4 Å². The van der Waals surface area contributed by atoms with Crippen LogP contribution in [0.4, 0.5) is 0 Å². The lowest BCUT2D eigenvalue weighted by molar-refractivity contribution is -0.109. The zero-order valence-electron chi connectivity index (χ0n) is 5.77. The molecule has 0 aliphatic heterocycles. The van der Waals surface area contributed by atoms with Gasteiger partial charge in [-0.15, -0.1) is 0 Å². The Labute approximate surface area is 64.0 Å². The first kappa shape index (κ1) is 7.40. The highest BCUT2D eigenvalue weighted by molar-refractivity contribution is 5.79. The van der Waals surface area contributed by atoms with E-state index in [4.69, 9.17) is 0 Å². The molecule has 1 heterocycles. The van der Waals surface area contributed by atoms with E-state index in [9.17, 15) is 4.79 Å². The summed E-state index contributed by atoms with van der Waals surface area (Å²) in [6, 6.07) is 3.58. The van der Waals surface area contributed by atoms with Crippen LogP contribution >= 0.6 is 0 Å². The standard InChI is InChI=1S/C7H7N3O/c11-6-10-9-5-7-1-3-8-4-2-7/h1-6H,(H,10,11). The Morgan fingerprint density at radius 2 is 2.18 bits per heavy atom. The fraction of sp³-hybridized carbons (Fsp3) is 0. The Kier molecular flexibility index (Phi) is 2.80. The molecule has 0 aromatic carbocycles. The maximum Gasteiger partial charge on any atom is 0.227 e. The van der Waals surface area contributed by atoms with Gasteiger partial charge in [-0.2, -0.15) is 5.10 Å². The van der Waals surface area contributed by atoms with Gasteiger partial charge in [0.15, 0.2) is 0 Å². The van der Waals surface area contributed by atoms with Gasteiger partial charge in [0, 0.05) is 12.4 Å². The van der Waals surface area contributed by atoms with Crippen molar-refractivity contribution in [3.05, 3.63) is 30.1 Å². The molecule has 0 unspecified atom stereocenters. The molecule has 1 aromatic rings. The van der Waals surface area contributed by atoms with Gasteiger partial charge in [-0.25, -0.2) is 5.43 Å². The van der Waals surface area contributed by atoms with Crippen molar-refractivity contribution in [2.45, 2.75) is 0 Å². The molecule has 11 heavy (non-hydrogen) atoms. The van der Waals surface area contributed by atoms with Gasteiger partial charge in [-0.1, -0.05) is 0 Å². The lowest BCUT2D eigenvalue weighted by Gasteiger charge is -1.88. The molecule has 1 rings (SSSR count). The molecule has 0 spiro atoms. The van der Waals surface area contributed by atoms with E-state index < -0.39 is 0 Å². The molecule has 4 nitrogen and oxygen atoms in total. The van der Waals surface area contributed by atoms with E-state index in [1.54, 1.807) is 24.5 Å². The van der Waals surface area contributed by atoms with Gasteiger partial charge >= 0.3 is 0 Å². The molecule has 1 aromatic heterocycles. The van der Waals surface area contributed by atoms with Gasteiger partial charge in [-0.05, 0) is 17.7 Å². The van der Waals surface area contributed by atoms with Crippen molar-refractivity contribution in [3.8, 4) is 0 Å². The third-order valence-electron chi connectivity index (χ3n) is 1.05. The average Bonchev–Trinajstić information content (AvgIpc) is 2.07. The lowest BCUT2D eigenvalue weighted by atomic mass is 10.3. The Morgan fingerprint density at radius 3 is 2.82 bits per heavy atom. The Bertz CT molecular complexity index is 245. The number of nitrogens with zero attached hydrogens (tertiary/aromatic N) is 2. The zero-order valence-corrected chi connectivity index (χ0v) is 5.77. The molecule has 0 fully saturated rings. The van der Waals surface area contributed by atoms with Gasteiger partial charge in [-0.3, -0.25) is 9.78 Å². The number of amides is 1. The summed E-state index contributed by atoms with van der Waals surface area (Å²) in [5.74, 6) is 0. The molecule has 0 saturated heterocycles. The molecule has 0 atom stereocenters. The van der Waals surface area contributed by atoms with Gasteiger partial charge in [0.1, 0.15) is 0 Å². The maximum absolute atomic E-state index is 9.76. The van der Waals surface area contributed by atoms with Crippen LogP contribution in [0.15, 0.2) is 29.6 Å². The summed E-state index contributed by atoms with van der Waals surface area (Å²) in [6.07, 6.45) is 5.36. The predicted molar refractivity (Wildman–Crippen MR) is 41.0 cm³/mol. The Hall–Kier alpha value is -1.71. The second kappa shape index (κ2) is 4.16. The number of carbonyl (C=O) groups excluding carboxylic acids is 1. The lowest BCUT2D eigenvalue weighted by Crippen LogP contribution is -2.00. The first-order valence-electron chi connectivity index (χ1n) is 3.06. The molecule has 0 aliphatic carbocycles. The largest absolute Gasteiger partial charge is 0.277 e. The Balaban J connectivity index is 2.57. The smallest absolute Gasteiger partial charge is 0.227 e. The second-order valence-electron chi connectivity index (χ2n) is 1.79. The molecule has 4 heteroatoms. The zero-order chi connectivity index (χ0) is 7.94. The summed E-state index contributed by atoms with van der Waals surface area (Å²) in [4.78, 5) is 13.6. The van der Waals surface area contributed by atoms with Crippen LogP contribution in [0.2, 0.25) is 0 Å². The highest BCUT2D eigenvalue weighted by Crippen LogP contribution is 1.89. The average molecular weight is 149 g/mol. The molecule has 1 amide bonds. The monoisotopic (exact) mass is 149 g/mol. The Morgan fingerprint density at radius 1 is 1.45 bits per heavy atom. The van der Waals surface area contributed by atoms with Crippen LogP contribution in [-0.4, -0.2) is 17.6 Å². The molecular weight excluding hydrogens is 142 g/mol. The van der Waals surface area contributed by atoms with E-state index in [2.05, 4.69) is 15.5 Å². The third-order valence-corrected chi connectivity index (χ3v) is 1.05. The third kappa shape index (κ3) is 2.57. The van der Waals surface area contributed by atoms with E-state index in [0.717, 1.165) is 5.56 Å². The maximum atomic E-state index is 9.76. The van der Waals surface area contributed by atoms with Crippen LogP contribution < -0.4 is 5.43 Å². The number of carbonyl (C=O) groups is 1. The van der Waals surface area contributed by atoms with Crippen molar-refractivity contribution in [2.24, 2.45) is 5.10 Å². The summed E-state index contributed by atoms with van der Waals surface area (Å²) < 4.78 is 0. The number of rotatable bonds is 3. The number of pyridine rings is 1. The number of hydrogen-bond acceptors (Lipinski definition) is 3. The van der Waals surface area contributed by atoms with Crippen molar-refractivity contribution >= 4 is 12.6 Å². The molecule has 0 bridgehead atoms. The van der Waals surface area contributed by atoms with Crippen molar-refractivity contribution in [2.75, 3.05) is 0 Å². The van der Waals surface area contributed by atoms with Crippen molar-refractivity contribution < 1.29 is 4.79 Å². The van der Waals surface area contributed by atoms with E-state index >= 15 is 0 Å². The number of hydrogen-bond donors (Lipinski definition) is 1. The summed E-state index contributed by atoms with van der Waals surface area (Å²) >= 11 is 0. The number of hydrazone groups is 1. The molecule has 0 aliphatic rings. The van der Waals surface area contributed by atoms with Crippen molar-refractivity contribution in [1.29, 1.82) is 0 Å². The normalized spacial score (nSPS) is 9.82. The minimum absolute atomic E-state index is 0.512. The molecule has 56 valence electrons. The van der Waals surface area contributed by atoms with Crippen LogP contribution in [-0.2, 0) is 4.79 Å². The SMILES string of the molecule is O=CNN=Cc1ccncc1. The molecule has 1 N–H and O–H groups in total. The van der Waals surface area contributed by atoms with Gasteiger partial charge in [0.2, 0.25) is 6.41 Å². The summed E-state index contributed by atoms with van der Waals surface area (Å²) in [5.41, 5.74) is 3.06. The van der Waals surface area contributed by atoms with E-state index in [1.165, 1.54) is 6.21 Å². The topological polar surface area (TPSA) is 54.4 Å². The fourth-order valence-corrected chi connectivity index (χ4v) is 0.592. The van der Waals surface area contributed by atoms with Crippen molar-refractivity contribution in [3.63, 3.8) is 0 Å². The van der Waals surface area contributed by atoms with E-state index in [0.29, 0.717) is 6.41 Å².